The Kier molecular flexibility index (Phi) is 3.91. The van der Waals surface area contributed by atoms with E-state index in [2.05, 4.69) is 11.9 Å². The van der Waals surface area contributed by atoms with E-state index in [0.29, 0.717) is 6.42 Å². The summed E-state index contributed by atoms with van der Waals surface area (Å²) in [7, 11) is 0. The summed E-state index contributed by atoms with van der Waals surface area (Å²) in [5.74, 6) is -0.260. The Morgan fingerprint density at radius 3 is 3.07 bits per heavy atom. The number of aliphatic carboxylic acids is 1. The minimum absolute atomic E-state index is 0.138. The SMILES string of the molecule is CCCn1ccnc1C/C=C(/N)C(=O)O. The lowest BCUT2D eigenvalue weighted by Crippen LogP contribution is -2.11. The summed E-state index contributed by atoms with van der Waals surface area (Å²) in [6, 6.07) is 0. The van der Waals surface area contributed by atoms with Crippen LogP contribution in [0.3, 0.4) is 0 Å². The first kappa shape index (κ1) is 11.3. The molecule has 0 saturated heterocycles. The molecule has 15 heavy (non-hydrogen) atoms. The van der Waals surface area contributed by atoms with Crippen LogP contribution in [0.4, 0.5) is 0 Å². The first-order valence-electron chi connectivity index (χ1n) is 4.84. The van der Waals surface area contributed by atoms with Gasteiger partial charge in [0.2, 0.25) is 0 Å². The van der Waals surface area contributed by atoms with Crippen molar-refractivity contribution >= 4 is 5.97 Å². The van der Waals surface area contributed by atoms with E-state index in [0.717, 1.165) is 18.8 Å². The zero-order valence-electron chi connectivity index (χ0n) is 8.68. The van der Waals surface area contributed by atoms with Crippen LogP contribution < -0.4 is 5.73 Å². The van der Waals surface area contributed by atoms with Gasteiger partial charge in [0.1, 0.15) is 11.5 Å². The van der Waals surface area contributed by atoms with Gasteiger partial charge in [-0.25, -0.2) is 9.78 Å². The van der Waals surface area contributed by atoms with Gasteiger partial charge >= 0.3 is 5.97 Å². The molecule has 0 bridgehead atoms. The van der Waals surface area contributed by atoms with Crippen molar-refractivity contribution in [2.24, 2.45) is 5.73 Å². The molecule has 82 valence electrons. The summed E-state index contributed by atoms with van der Waals surface area (Å²) in [5.41, 5.74) is 5.14. The average molecular weight is 209 g/mol. The third-order valence-corrected chi connectivity index (χ3v) is 2.02. The summed E-state index contributed by atoms with van der Waals surface area (Å²) in [4.78, 5) is 14.6. The number of hydrogen-bond donors (Lipinski definition) is 2. The Morgan fingerprint density at radius 2 is 2.47 bits per heavy atom. The number of aromatic nitrogens is 2. The minimum atomic E-state index is -1.09. The van der Waals surface area contributed by atoms with E-state index in [1.807, 2.05) is 10.8 Å². The van der Waals surface area contributed by atoms with Crippen molar-refractivity contribution < 1.29 is 9.90 Å². The minimum Gasteiger partial charge on any atom is -0.477 e. The smallest absolute Gasteiger partial charge is 0.351 e. The lowest BCUT2D eigenvalue weighted by molar-refractivity contribution is -0.132. The molecule has 0 aliphatic heterocycles. The molecule has 3 N–H and O–H groups in total. The molecule has 0 fully saturated rings. The fraction of sp³-hybridized carbons (Fsp3) is 0.400. The van der Waals surface area contributed by atoms with Crippen LogP contribution in [0.15, 0.2) is 24.2 Å². The average Bonchev–Trinajstić information content (AvgIpc) is 2.62. The highest BCUT2D eigenvalue weighted by Gasteiger charge is 2.03. The maximum Gasteiger partial charge on any atom is 0.351 e. The van der Waals surface area contributed by atoms with E-state index in [1.54, 1.807) is 6.20 Å². The second kappa shape index (κ2) is 5.19. The molecule has 5 heteroatoms. The first-order chi connectivity index (χ1) is 7.15. The highest BCUT2D eigenvalue weighted by atomic mass is 16.4. The highest BCUT2D eigenvalue weighted by Crippen LogP contribution is 2.02. The summed E-state index contributed by atoms with van der Waals surface area (Å²) in [6.45, 7) is 2.96. The van der Waals surface area contributed by atoms with E-state index < -0.39 is 5.97 Å². The predicted molar refractivity (Wildman–Crippen MR) is 56.1 cm³/mol. The number of carboxylic acids is 1. The van der Waals surface area contributed by atoms with Crippen molar-refractivity contribution in [3.8, 4) is 0 Å². The van der Waals surface area contributed by atoms with E-state index in [1.165, 1.54) is 6.08 Å². The molecular weight excluding hydrogens is 194 g/mol. The van der Waals surface area contributed by atoms with Gasteiger partial charge in [0.25, 0.3) is 0 Å². The number of nitrogens with zero attached hydrogens (tertiary/aromatic N) is 2. The van der Waals surface area contributed by atoms with Gasteiger partial charge in [-0.3, -0.25) is 0 Å². The molecule has 0 aliphatic rings. The van der Waals surface area contributed by atoms with Gasteiger partial charge < -0.3 is 15.4 Å². The molecule has 1 heterocycles. The molecule has 0 aromatic carbocycles. The zero-order valence-corrected chi connectivity index (χ0v) is 8.68. The fourth-order valence-corrected chi connectivity index (χ4v) is 1.26. The third kappa shape index (κ3) is 3.12. The monoisotopic (exact) mass is 209 g/mol. The largest absolute Gasteiger partial charge is 0.477 e. The molecule has 0 spiro atoms. The molecular formula is C10H15N3O2. The maximum atomic E-state index is 10.4. The molecule has 0 unspecified atom stereocenters. The fourth-order valence-electron chi connectivity index (χ4n) is 1.26. The predicted octanol–water partition coefficient (Wildman–Crippen LogP) is 0.763. The van der Waals surface area contributed by atoms with Crippen LogP contribution >= 0.6 is 0 Å². The van der Waals surface area contributed by atoms with Crippen molar-refractivity contribution in [2.75, 3.05) is 0 Å². The number of aryl methyl sites for hydroxylation is 1. The van der Waals surface area contributed by atoms with Gasteiger partial charge in [-0.05, 0) is 12.5 Å². The molecule has 0 amide bonds. The molecule has 0 saturated carbocycles. The number of carboxylic acid groups (broad SMARTS) is 1. The normalized spacial score (nSPS) is 11.7. The summed E-state index contributed by atoms with van der Waals surface area (Å²) in [5, 5.41) is 8.56. The van der Waals surface area contributed by atoms with Crippen LogP contribution in [0.25, 0.3) is 0 Å². The Hall–Kier alpha value is -1.78. The van der Waals surface area contributed by atoms with Crippen LogP contribution in [0.5, 0.6) is 0 Å². The molecule has 1 aromatic rings. The molecule has 0 radical (unpaired) electrons. The van der Waals surface area contributed by atoms with E-state index >= 15 is 0 Å². The van der Waals surface area contributed by atoms with Gasteiger partial charge in [-0.1, -0.05) is 6.92 Å². The van der Waals surface area contributed by atoms with E-state index in [4.69, 9.17) is 10.8 Å². The van der Waals surface area contributed by atoms with Crippen LogP contribution in [0, 0.1) is 0 Å². The standard InChI is InChI=1S/C10H15N3O2/c1-2-6-13-7-5-12-9(13)4-3-8(11)10(14)15/h3,5,7H,2,4,6,11H2,1H3,(H,14,15)/b8-3+. The lowest BCUT2D eigenvalue weighted by Gasteiger charge is -2.03. The zero-order chi connectivity index (χ0) is 11.3. The van der Waals surface area contributed by atoms with Crippen molar-refractivity contribution in [3.63, 3.8) is 0 Å². The second-order valence-corrected chi connectivity index (χ2v) is 3.21. The maximum absolute atomic E-state index is 10.4. The van der Waals surface area contributed by atoms with Crippen LogP contribution in [0.1, 0.15) is 19.2 Å². The van der Waals surface area contributed by atoms with Gasteiger partial charge in [0.05, 0.1) is 0 Å². The quantitative estimate of drug-likeness (QED) is 0.701. The van der Waals surface area contributed by atoms with E-state index in [-0.39, 0.29) is 5.70 Å². The number of rotatable bonds is 5. The first-order valence-corrected chi connectivity index (χ1v) is 4.84. The second-order valence-electron chi connectivity index (χ2n) is 3.21. The number of carbonyl (C=O) groups is 1. The number of hydrogen-bond acceptors (Lipinski definition) is 3. The highest BCUT2D eigenvalue weighted by molar-refractivity contribution is 5.85. The summed E-state index contributed by atoms with van der Waals surface area (Å²) < 4.78 is 1.99. The number of imidazole rings is 1. The van der Waals surface area contributed by atoms with Crippen molar-refractivity contribution in [3.05, 3.63) is 30.0 Å². The molecule has 1 aromatic heterocycles. The molecule has 0 aliphatic carbocycles. The summed E-state index contributed by atoms with van der Waals surface area (Å²) >= 11 is 0. The Balaban J connectivity index is 2.68. The third-order valence-electron chi connectivity index (χ3n) is 2.02. The Bertz CT molecular complexity index is 368. The molecule has 0 atom stereocenters. The van der Waals surface area contributed by atoms with Gasteiger partial charge in [-0.2, -0.15) is 0 Å². The molecule has 1 rings (SSSR count). The van der Waals surface area contributed by atoms with E-state index in [9.17, 15) is 4.79 Å². The van der Waals surface area contributed by atoms with Crippen LogP contribution in [0.2, 0.25) is 0 Å². The lowest BCUT2D eigenvalue weighted by atomic mass is 10.3. The topological polar surface area (TPSA) is 81.1 Å². The van der Waals surface area contributed by atoms with Gasteiger partial charge in [-0.15, -0.1) is 0 Å². The Labute approximate surface area is 88.2 Å². The Morgan fingerprint density at radius 1 is 1.73 bits per heavy atom. The van der Waals surface area contributed by atoms with Gasteiger partial charge in [0.15, 0.2) is 0 Å². The number of allylic oxidation sites excluding steroid dienone is 1. The van der Waals surface area contributed by atoms with Crippen LogP contribution in [-0.4, -0.2) is 20.6 Å². The van der Waals surface area contributed by atoms with Crippen LogP contribution in [-0.2, 0) is 17.8 Å². The van der Waals surface area contributed by atoms with Gasteiger partial charge in [0, 0.05) is 25.4 Å². The van der Waals surface area contributed by atoms with Crippen molar-refractivity contribution in [1.82, 2.24) is 9.55 Å². The van der Waals surface area contributed by atoms with Crippen molar-refractivity contribution in [2.45, 2.75) is 26.3 Å². The van der Waals surface area contributed by atoms with Crippen molar-refractivity contribution in [1.29, 1.82) is 0 Å². The number of nitrogens with two attached hydrogens (primary N) is 1. The summed E-state index contributed by atoms with van der Waals surface area (Å²) in [6.07, 6.45) is 6.52. The molecule has 5 nitrogen and oxygen atoms in total.